The summed E-state index contributed by atoms with van der Waals surface area (Å²) in [7, 11) is 0. The van der Waals surface area contributed by atoms with E-state index < -0.39 is 0 Å². The fraction of sp³-hybridized carbons (Fsp3) is 0.769. The van der Waals surface area contributed by atoms with E-state index in [0.717, 1.165) is 38.8 Å². The zero-order valence-electron chi connectivity index (χ0n) is 10.5. The van der Waals surface area contributed by atoms with E-state index in [-0.39, 0.29) is 0 Å². The molecular formula is C13H21N3O. The lowest BCUT2D eigenvalue weighted by atomic mass is 9.97. The van der Waals surface area contributed by atoms with Gasteiger partial charge in [0.2, 0.25) is 0 Å². The van der Waals surface area contributed by atoms with Crippen molar-refractivity contribution in [2.75, 3.05) is 19.8 Å². The molecule has 0 unspecified atom stereocenters. The molecule has 0 bridgehead atoms. The molecule has 2 heterocycles. The summed E-state index contributed by atoms with van der Waals surface area (Å²) in [6.07, 6.45) is 5.01. The van der Waals surface area contributed by atoms with E-state index in [0.29, 0.717) is 5.92 Å². The van der Waals surface area contributed by atoms with Gasteiger partial charge in [-0.2, -0.15) is 5.10 Å². The Morgan fingerprint density at radius 2 is 2.41 bits per heavy atom. The van der Waals surface area contributed by atoms with Gasteiger partial charge in [-0.1, -0.05) is 0 Å². The molecule has 94 valence electrons. The van der Waals surface area contributed by atoms with Crippen LogP contribution in [0.1, 0.15) is 36.9 Å². The van der Waals surface area contributed by atoms with Gasteiger partial charge in [0.15, 0.2) is 0 Å². The van der Waals surface area contributed by atoms with Crippen LogP contribution in [0.2, 0.25) is 0 Å². The van der Waals surface area contributed by atoms with Crippen molar-refractivity contribution >= 4 is 0 Å². The fourth-order valence-corrected chi connectivity index (χ4v) is 2.50. The Hall–Kier alpha value is -0.870. The van der Waals surface area contributed by atoms with E-state index in [1.54, 1.807) is 0 Å². The standard InChI is InChI=1S/C13H21N3O/c1-2-17-9-11-5-14-6-13-12(11)8-16(15-13)7-10-3-4-10/h8,10-11,14H,2-7,9H2,1H3/t11-/m0/s1. The van der Waals surface area contributed by atoms with Crippen LogP contribution in [0.15, 0.2) is 6.20 Å². The maximum Gasteiger partial charge on any atom is 0.0798 e. The van der Waals surface area contributed by atoms with Crippen molar-refractivity contribution in [1.29, 1.82) is 0 Å². The van der Waals surface area contributed by atoms with Crippen LogP contribution >= 0.6 is 0 Å². The third-order valence-corrected chi connectivity index (χ3v) is 3.66. The van der Waals surface area contributed by atoms with Crippen LogP contribution in [0.3, 0.4) is 0 Å². The van der Waals surface area contributed by atoms with Gasteiger partial charge in [0.1, 0.15) is 0 Å². The highest BCUT2D eigenvalue weighted by Crippen LogP contribution is 2.31. The summed E-state index contributed by atoms with van der Waals surface area (Å²) < 4.78 is 7.70. The van der Waals surface area contributed by atoms with Gasteiger partial charge < -0.3 is 10.1 Å². The van der Waals surface area contributed by atoms with E-state index in [9.17, 15) is 0 Å². The molecule has 1 atom stereocenters. The zero-order valence-corrected chi connectivity index (χ0v) is 10.5. The SMILES string of the molecule is CCOC[C@@H]1CNCc2nn(CC3CC3)cc21. The molecule has 1 aliphatic heterocycles. The summed E-state index contributed by atoms with van der Waals surface area (Å²) in [4.78, 5) is 0. The molecule has 0 aromatic carbocycles. The van der Waals surface area contributed by atoms with Gasteiger partial charge in [-0.25, -0.2) is 0 Å². The summed E-state index contributed by atoms with van der Waals surface area (Å²) in [5.74, 6) is 1.36. The number of nitrogens with one attached hydrogen (secondary N) is 1. The van der Waals surface area contributed by atoms with Crippen LogP contribution in [0, 0.1) is 5.92 Å². The molecule has 0 radical (unpaired) electrons. The van der Waals surface area contributed by atoms with Crippen LogP contribution < -0.4 is 5.32 Å². The molecule has 0 saturated heterocycles. The highest BCUT2D eigenvalue weighted by molar-refractivity contribution is 5.25. The number of nitrogens with zero attached hydrogens (tertiary/aromatic N) is 2. The molecule has 4 nitrogen and oxygen atoms in total. The van der Waals surface area contributed by atoms with Gasteiger partial charge in [0.05, 0.1) is 12.3 Å². The van der Waals surface area contributed by atoms with Crippen molar-refractivity contribution in [3.8, 4) is 0 Å². The van der Waals surface area contributed by atoms with Crippen LogP contribution in [-0.4, -0.2) is 29.5 Å². The van der Waals surface area contributed by atoms with Crippen molar-refractivity contribution in [2.24, 2.45) is 5.92 Å². The number of hydrogen-bond donors (Lipinski definition) is 1. The Kier molecular flexibility index (Phi) is 3.16. The predicted molar refractivity (Wildman–Crippen MR) is 65.9 cm³/mol. The Labute approximate surface area is 102 Å². The quantitative estimate of drug-likeness (QED) is 0.841. The van der Waals surface area contributed by atoms with Gasteiger partial charge >= 0.3 is 0 Å². The van der Waals surface area contributed by atoms with Crippen LogP contribution in [-0.2, 0) is 17.8 Å². The summed E-state index contributed by atoms with van der Waals surface area (Å²) in [6, 6.07) is 0. The first-order chi connectivity index (χ1) is 8.36. The predicted octanol–water partition coefficient (Wildman–Crippen LogP) is 1.52. The average molecular weight is 235 g/mol. The lowest BCUT2D eigenvalue weighted by Gasteiger charge is -2.21. The second-order valence-electron chi connectivity index (χ2n) is 5.18. The van der Waals surface area contributed by atoms with Crippen molar-refractivity contribution in [3.63, 3.8) is 0 Å². The molecule has 2 aliphatic rings. The minimum Gasteiger partial charge on any atom is -0.381 e. The summed E-state index contributed by atoms with van der Waals surface area (Å²) >= 11 is 0. The molecular weight excluding hydrogens is 214 g/mol. The first-order valence-electron chi connectivity index (χ1n) is 6.71. The third kappa shape index (κ3) is 2.53. The van der Waals surface area contributed by atoms with Crippen molar-refractivity contribution < 1.29 is 4.74 Å². The van der Waals surface area contributed by atoms with E-state index in [2.05, 4.69) is 21.3 Å². The molecule has 1 fully saturated rings. The van der Waals surface area contributed by atoms with Crippen molar-refractivity contribution in [3.05, 3.63) is 17.5 Å². The smallest absolute Gasteiger partial charge is 0.0798 e. The fourth-order valence-electron chi connectivity index (χ4n) is 2.50. The maximum absolute atomic E-state index is 5.56. The zero-order chi connectivity index (χ0) is 11.7. The Bertz CT molecular complexity index is 384. The molecule has 17 heavy (non-hydrogen) atoms. The molecule has 1 N–H and O–H groups in total. The Morgan fingerprint density at radius 3 is 3.18 bits per heavy atom. The number of ether oxygens (including phenoxy) is 1. The lowest BCUT2D eigenvalue weighted by Crippen LogP contribution is -2.30. The van der Waals surface area contributed by atoms with Gasteiger partial charge in [0, 0.05) is 43.9 Å². The number of rotatable bonds is 5. The molecule has 0 spiro atoms. The second-order valence-corrected chi connectivity index (χ2v) is 5.18. The van der Waals surface area contributed by atoms with Gasteiger partial charge in [-0.15, -0.1) is 0 Å². The first-order valence-corrected chi connectivity index (χ1v) is 6.71. The first kappa shape index (κ1) is 11.2. The van der Waals surface area contributed by atoms with E-state index >= 15 is 0 Å². The summed E-state index contributed by atoms with van der Waals surface area (Å²) in [5, 5.41) is 8.11. The lowest BCUT2D eigenvalue weighted by molar-refractivity contribution is 0.129. The molecule has 1 aliphatic carbocycles. The minimum absolute atomic E-state index is 0.478. The highest BCUT2D eigenvalue weighted by Gasteiger charge is 2.26. The summed E-state index contributed by atoms with van der Waals surface area (Å²) in [5.41, 5.74) is 2.62. The van der Waals surface area contributed by atoms with E-state index in [4.69, 9.17) is 4.74 Å². The maximum atomic E-state index is 5.56. The monoisotopic (exact) mass is 235 g/mol. The van der Waals surface area contributed by atoms with Crippen molar-refractivity contribution in [2.45, 2.75) is 38.8 Å². The van der Waals surface area contributed by atoms with Gasteiger partial charge in [-0.05, 0) is 25.7 Å². The number of fused-ring (bicyclic) bond motifs is 1. The van der Waals surface area contributed by atoms with E-state index in [1.165, 1.54) is 24.1 Å². The minimum atomic E-state index is 0.478. The second kappa shape index (κ2) is 4.78. The molecule has 3 rings (SSSR count). The molecule has 1 aromatic heterocycles. The molecule has 0 amide bonds. The van der Waals surface area contributed by atoms with Crippen LogP contribution in [0.5, 0.6) is 0 Å². The summed E-state index contributed by atoms with van der Waals surface area (Å²) in [6.45, 7) is 6.69. The van der Waals surface area contributed by atoms with Gasteiger partial charge in [-0.3, -0.25) is 4.68 Å². The average Bonchev–Trinajstić information content (AvgIpc) is 3.04. The van der Waals surface area contributed by atoms with E-state index in [1.807, 2.05) is 6.92 Å². The molecule has 1 saturated carbocycles. The molecule has 1 aromatic rings. The highest BCUT2D eigenvalue weighted by atomic mass is 16.5. The normalized spacial score (nSPS) is 23.7. The number of aromatic nitrogens is 2. The topological polar surface area (TPSA) is 39.1 Å². The Balaban J connectivity index is 1.73. The largest absolute Gasteiger partial charge is 0.381 e. The Morgan fingerprint density at radius 1 is 1.53 bits per heavy atom. The molecule has 4 heteroatoms. The van der Waals surface area contributed by atoms with Crippen molar-refractivity contribution in [1.82, 2.24) is 15.1 Å². The van der Waals surface area contributed by atoms with Gasteiger partial charge in [0.25, 0.3) is 0 Å². The van der Waals surface area contributed by atoms with Crippen LogP contribution in [0.25, 0.3) is 0 Å². The number of hydrogen-bond acceptors (Lipinski definition) is 3. The van der Waals surface area contributed by atoms with Crippen LogP contribution in [0.4, 0.5) is 0 Å². The third-order valence-electron chi connectivity index (χ3n) is 3.66.